The van der Waals surface area contributed by atoms with Crippen molar-refractivity contribution in [3.63, 3.8) is 0 Å². The topological polar surface area (TPSA) is 83.3 Å². The summed E-state index contributed by atoms with van der Waals surface area (Å²) < 4.78 is 33.4. The molecule has 5 atom stereocenters. The van der Waals surface area contributed by atoms with Crippen LogP contribution in [-0.2, 0) is 14.2 Å². The number of nitrogens with one attached hydrogen (secondary N) is 1. The molecule has 0 amide bonds. The summed E-state index contributed by atoms with van der Waals surface area (Å²) in [5.41, 5.74) is 1.94. The number of anilines is 1. The van der Waals surface area contributed by atoms with Gasteiger partial charge in [0.15, 0.2) is 29.0 Å². The van der Waals surface area contributed by atoms with E-state index in [1.54, 1.807) is 23.0 Å². The number of halogens is 2. The third-order valence-corrected chi connectivity index (χ3v) is 6.23. The maximum Gasteiger partial charge on any atom is 0.226 e. The summed E-state index contributed by atoms with van der Waals surface area (Å²) in [5, 5.41) is 3.37. The van der Waals surface area contributed by atoms with Crippen molar-refractivity contribution in [1.82, 2.24) is 19.5 Å². The molecule has 2 saturated heterocycles. The first-order valence-electron chi connectivity index (χ1n) is 10.3. The maximum atomic E-state index is 13.3. The molecule has 1 aromatic carbocycles. The highest BCUT2D eigenvalue weighted by Gasteiger charge is 2.55. The number of fused-ring (bicyclic) bond motifs is 2. The second-order valence-corrected chi connectivity index (χ2v) is 9.10. The summed E-state index contributed by atoms with van der Waals surface area (Å²) >= 11 is 10.7. The van der Waals surface area contributed by atoms with Gasteiger partial charge in [-0.15, -0.1) is 0 Å². The molecular formula is C21H23ClFN5O3S. The van der Waals surface area contributed by atoms with Crippen molar-refractivity contribution in [3.8, 4) is 0 Å². The van der Waals surface area contributed by atoms with Crippen LogP contribution in [0.5, 0.6) is 0 Å². The third-order valence-electron chi connectivity index (χ3n) is 5.70. The van der Waals surface area contributed by atoms with E-state index < -0.39 is 12.0 Å². The van der Waals surface area contributed by atoms with Gasteiger partial charge in [-0.3, -0.25) is 4.57 Å². The number of rotatable bonds is 5. The highest BCUT2D eigenvalue weighted by molar-refractivity contribution is 7.80. The number of thiol groups is 1. The molecule has 170 valence electrons. The molecule has 1 N–H and O–H groups in total. The molecule has 0 spiro atoms. The van der Waals surface area contributed by atoms with Gasteiger partial charge < -0.3 is 19.5 Å². The van der Waals surface area contributed by atoms with Crippen molar-refractivity contribution in [2.45, 2.75) is 57.1 Å². The van der Waals surface area contributed by atoms with Crippen LogP contribution < -0.4 is 5.32 Å². The van der Waals surface area contributed by atoms with Crippen LogP contribution in [0.4, 0.5) is 10.2 Å². The van der Waals surface area contributed by atoms with E-state index in [4.69, 9.17) is 25.8 Å². The summed E-state index contributed by atoms with van der Waals surface area (Å²) in [6, 6.07) is 6.11. The van der Waals surface area contributed by atoms with Crippen molar-refractivity contribution in [3.05, 3.63) is 47.3 Å². The van der Waals surface area contributed by atoms with Crippen LogP contribution in [-0.4, -0.2) is 49.4 Å². The van der Waals surface area contributed by atoms with Gasteiger partial charge >= 0.3 is 0 Å². The van der Waals surface area contributed by atoms with Crippen LogP contribution in [0.2, 0.25) is 5.28 Å². The number of nitrogens with zero attached hydrogens (tertiary/aromatic N) is 4. The molecule has 2 aliphatic heterocycles. The summed E-state index contributed by atoms with van der Waals surface area (Å²) in [7, 11) is 0. The Balaban J connectivity index is 1.49. The lowest BCUT2D eigenvalue weighted by Gasteiger charge is -2.24. The second-order valence-electron chi connectivity index (χ2n) is 8.40. The molecule has 4 heterocycles. The summed E-state index contributed by atoms with van der Waals surface area (Å²) in [4.78, 5) is 13.3. The van der Waals surface area contributed by atoms with E-state index in [-0.39, 0.29) is 35.5 Å². The van der Waals surface area contributed by atoms with Crippen LogP contribution in [0, 0.1) is 5.82 Å². The zero-order chi connectivity index (χ0) is 22.6. The Kier molecular flexibility index (Phi) is 5.53. The second kappa shape index (κ2) is 8.11. The lowest BCUT2D eigenvalue weighted by atomic mass is 10.1. The average molecular weight is 480 g/mol. The Morgan fingerprint density at radius 2 is 1.94 bits per heavy atom. The molecule has 2 aliphatic rings. The highest BCUT2D eigenvalue weighted by Crippen LogP contribution is 2.44. The highest BCUT2D eigenvalue weighted by atomic mass is 35.5. The summed E-state index contributed by atoms with van der Waals surface area (Å²) in [6.07, 6.45) is 0.306. The van der Waals surface area contributed by atoms with Gasteiger partial charge in [0.25, 0.3) is 0 Å². The molecule has 11 heteroatoms. The van der Waals surface area contributed by atoms with Gasteiger partial charge in [-0.2, -0.15) is 22.6 Å². The zero-order valence-electron chi connectivity index (χ0n) is 17.7. The van der Waals surface area contributed by atoms with Crippen molar-refractivity contribution in [2.24, 2.45) is 0 Å². The van der Waals surface area contributed by atoms with E-state index in [2.05, 4.69) is 32.9 Å². The van der Waals surface area contributed by atoms with Crippen molar-refractivity contribution >= 4 is 41.2 Å². The normalized spacial score (nSPS) is 27.6. The lowest BCUT2D eigenvalue weighted by Crippen LogP contribution is -2.30. The first kappa shape index (κ1) is 21.8. The zero-order valence-corrected chi connectivity index (χ0v) is 19.3. The minimum Gasteiger partial charge on any atom is -0.362 e. The number of imidazole rings is 1. The number of benzene rings is 1. The van der Waals surface area contributed by atoms with Crippen molar-refractivity contribution < 1.29 is 18.6 Å². The average Bonchev–Trinajstić information content (AvgIpc) is 3.38. The molecule has 2 fully saturated rings. The lowest BCUT2D eigenvalue weighted by molar-refractivity contribution is -0.193. The van der Waals surface area contributed by atoms with Crippen LogP contribution >= 0.6 is 24.2 Å². The van der Waals surface area contributed by atoms with Crippen LogP contribution in [0.3, 0.4) is 0 Å². The molecule has 0 unspecified atom stereocenters. The van der Waals surface area contributed by atoms with E-state index in [1.165, 1.54) is 12.1 Å². The fourth-order valence-corrected chi connectivity index (χ4v) is 4.71. The van der Waals surface area contributed by atoms with Crippen LogP contribution in [0.1, 0.15) is 38.6 Å². The van der Waals surface area contributed by atoms with E-state index >= 15 is 0 Å². The minimum absolute atomic E-state index is 0.0669. The molecule has 3 aromatic rings. The number of hydrogen-bond acceptors (Lipinski definition) is 8. The summed E-state index contributed by atoms with van der Waals surface area (Å²) in [5.74, 6) is -0.0528. The van der Waals surface area contributed by atoms with E-state index in [9.17, 15) is 4.39 Å². The molecule has 0 radical (unpaired) electrons. The van der Waals surface area contributed by atoms with Crippen LogP contribution in [0.25, 0.3) is 11.2 Å². The van der Waals surface area contributed by atoms with E-state index in [0.29, 0.717) is 22.7 Å². The first-order valence-corrected chi connectivity index (χ1v) is 11.3. The molecule has 2 aromatic heterocycles. The Hall–Kier alpha value is -1.98. The fraction of sp³-hybridized carbons (Fsp3) is 0.476. The predicted molar refractivity (Wildman–Crippen MR) is 120 cm³/mol. The number of hydrogen-bond donors (Lipinski definition) is 2. The molecule has 0 bridgehead atoms. The smallest absolute Gasteiger partial charge is 0.226 e. The SMILES string of the molecule is C[C@H](Nc1nc(Cl)nc2c1ncn2[C@@H]1O[C@H](CS)[C@H]2OC(C)(C)O[C@H]21)c1ccc(F)cc1. The van der Waals surface area contributed by atoms with Crippen LogP contribution in [0.15, 0.2) is 30.6 Å². The Labute approximate surface area is 194 Å². The molecule has 32 heavy (non-hydrogen) atoms. The first-order chi connectivity index (χ1) is 15.3. The third kappa shape index (κ3) is 3.84. The van der Waals surface area contributed by atoms with Gasteiger partial charge in [0, 0.05) is 5.75 Å². The van der Waals surface area contributed by atoms with Crippen molar-refractivity contribution in [2.75, 3.05) is 11.1 Å². The molecule has 5 rings (SSSR count). The van der Waals surface area contributed by atoms with Crippen molar-refractivity contribution in [1.29, 1.82) is 0 Å². The number of aromatic nitrogens is 4. The maximum absolute atomic E-state index is 13.3. The monoisotopic (exact) mass is 479 g/mol. The molecule has 8 nitrogen and oxygen atoms in total. The largest absolute Gasteiger partial charge is 0.362 e. The minimum atomic E-state index is -0.723. The Bertz CT molecular complexity index is 1140. The Morgan fingerprint density at radius 3 is 2.66 bits per heavy atom. The van der Waals surface area contributed by atoms with Gasteiger partial charge in [0.1, 0.15) is 18.0 Å². The summed E-state index contributed by atoms with van der Waals surface area (Å²) in [6.45, 7) is 5.70. The molecular weight excluding hydrogens is 457 g/mol. The van der Waals surface area contributed by atoms with Gasteiger partial charge in [-0.1, -0.05) is 12.1 Å². The van der Waals surface area contributed by atoms with Gasteiger partial charge in [0.05, 0.1) is 18.5 Å². The van der Waals surface area contributed by atoms with Gasteiger partial charge in [-0.05, 0) is 50.1 Å². The molecule has 0 saturated carbocycles. The van der Waals surface area contributed by atoms with E-state index in [0.717, 1.165) is 5.56 Å². The van der Waals surface area contributed by atoms with Gasteiger partial charge in [0.2, 0.25) is 5.28 Å². The quantitative estimate of drug-likeness (QED) is 0.420. The van der Waals surface area contributed by atoms with Gasteiger partial charge in [-0.25, -0.2) is 9.37 Å². The standard InChI is InChI=1S/C21H23ClFN5O3S/c1-10(11-4-6-12(23)7-5-11)25-17-14-18(27-20(22)26-17)28(9-24-14)19-16-15(13(8-32)29-19)30-21(2,3)31-16/h4-7,9-10,13,15-16,19,32H,8H2,1-3H3,(H,25,26,27)/t10-,13+,15+,16+,19+/m0/s1. The fourth-order valence-electron chi connectivity index (χ4n) is 4.25. The Morgan fingerprint density at radius 1 is 1.22 bits per heavy atom. The molecule has 0 aliphatic carbocycles. The number of ether oxygens (including phenoxy) is 3. The van der Waals surface area contributed by atoms with E-state index in [1.807, 2.05) is 20.8 Å². The predicted octanol–water partition coefficient (Wildman–Crippen LogP) is 4.14.